The Balaban J connectivity index is 0. The SMILES string of the molecule is CCCCC(CC)COP(=O)(O)CC.[Nd]. The summed E-state index contributed by atoms with van der Waals surface area (Å²) >= 11 is 0. The van der Waals surface area contributed by atoms with Crippen molar-refractivity contribution in [2.24, 2.45) is 5.92 Å². The standard InChI is InChI=1S/C10H23O3P.Nd/c1-4-7-8-10(5-2)9-13-14(11,12)6-3;/h10H,4-9H2,1-3H3,(H,11,12);. The zero-order chi connectivity index (χ0) is 11.0. The summed E-state index contributed by atoms with van der Waals surface area (Å²) in [4.78, 5) is 9.23. The average Bonchev–Trinajstić information content (AvgIpc) is 2.18. The number of unbranched alkanes of at least 4 members (excludes halogenated alkanes) is 1. The van der Waals surface area contributed by atoms with Crippen LogP contribution in [0.15, 0.2) is 0 Å². The zero-order valence-corrected chi connectivity index (χ0v) is 14.1. The van der Waals surface area contributed by atoms with Crippen LogP contribution in [0.5, 0.6) is 0 Å². The van der Waals surface area contributed by atoms with Crippen LogP contribution < -0.4 is 0 Å². The Morgan fingerprint density at radius 1 is 1.33 bits per heavy atom. The van der Waals surface area contributed by atoms with Crippen molar-refractivity contribution in [2.75, 3.05) is 12.8 Å². The van der Waals surface area contributed by atoms with E-state index < -0.39 is 7.60 Å². The van der Waals surface area contributed by atoms with Crippen LogP contribution in [0.4, 0.5) is 0 Å². The molecule has 0 fully saturated rings. The third-order valence-corrected chi connectivity index (χ3v) is 3.81. The maximum absolute atomic E-state index is 11.2. The molecule has 0 saturated heterocycles. The molecule has 0 heterocycles. The fraction of sp³-hybridized carbons (Fsp3) is 1.00. The van der Waals surface area contributed by atoms with E-state index in [0.717, 1.165) is 12.8 Å². The minimum atomic E-state index is -3.27. The van der Waals surface area contributed by atoms with E-state index >= 15 is 0 Å². The second-order valence-corrected chi connectivity index (χ2v) is 5.83. The first kappa shape index (κ1) is 18.9. The third kappa shape index (κ3) is 10.4. The molecule has 0 amide bonds. The van der Waals surface area contributed by atoms with Gasteiger partial charge in [-0.15, -0.1) is 0 Å². The Hall–Kier alpha value is 1.50. The van der Waals surface area contributed by atoms with Crippen molar-refractivity contribution in [1.82, 2.24) is 0 Å². The van der Waals surface area contributed by atoms with E-state index in [9.17, 15) is 9.46 Å². The first-order chi connectivity index (χ1) is 6.55. The second-order valence-electron chi connectivity index (χ2n) is 3.67. The van der Waals surface area contributed by atoms with Crippen LogP contribution in [-0.2, 0) is 9.09 Å². The monoisotopic (exact) mass is 364 g/mol. The van der Waals surface area contributed by atoms with Gasteiger partial charge in [-0.1, -0.05) is 40.0 Å². The molecule has 2 atom stereocenters. The van der Waals surface area contributed by atoms with Crippen LogP contribution in [0.1, 0.15) is 46.5 Å². The Morgan fingerprint density at radius 2 is 1.93 bits per heavy atom. The minimum Gasteiger partial charge on any atom is -0.324 e. The molecule has 0 spiro atoms. The molecule has 2 unspecified atom stereocenters. The van der Waals surface area contributed by atoms with Crippen LogP contribution in [-0.4, -0.2) is 17.7 Å². The maximum atomic E-state index is 11.2. The Labute approximate surface area is 126 Å². The van der Waals surface area contributed by atoms with Gasteiger partial charge >= 0.3 is 7.60 Å². The molecule has 0 aromatic rings. The summed E-state index contributed by atoms with van der Waals surface area (Å²) in [6.45, 7) is 6.35. The Bertz CT molecular complexity index is 188. The van der Waals surface area contributed by atoms with Gasteiger partial charge in [-0.05, 0) is 12.3 Å². The van der Waals surface area contributed by atoms with Crippen molar-refractivity contribution in [3.8, 4) is 0 Å². The van der Waals surface area contributed by atoms with Crippen molar-refractivity contribution in [3.63, 3.8) is 0 Å². The van der Waals surface area contributed by atoms with E-state index in [1.807, 2.05) is 0 Å². The van der Waals surface area contributed by atoms with E-state index in [1.54, 1.807) is 6.92 Å². The average molecular weight is 367 g/mol. The van der Waals surface area contributed by atoms with E-state index in [-0.39, 0.29) is 47.0 Å². The summed E-state index contributed by atoms with van der Waals surface area (Å²) < 4.78 is 16.2. The van der Waals surface area contributed by atoms with Crippen LogP contribution in [0.3, 0.4) is 0 Å². The predicted molar refractivity (Wildman–Crippen MR) is 59.6 cm³/mol. The van der Waals surface area contributed by atoms with Gasteiger partial charge < -0.3 is 9.42 Å². The topological polar surface area (TPSA) is 46.5 Å². The predicted octanol–water partition coefficient (Wildman–Crippen LogP) is 3.42. The smallest absolute Gasteiger partial charge is 0.324 e. The van der Waals surface area contributed by atoms with Gasteiger partial charge in [0.2, 0.25) is 0 Å². The van der Waals surface area contributed by atoms with Crippen LogP contribution >= 0.6 is 7.60 Å². The molecule has 0 aliphatic carbocycles. The van der Waals surface area contributed by atoms with Crippen molar-refractivity contribution in [3.05, 3.63) is 0 Å². The molecule has 0 bridgehead atoms. The van der Waals surface area contributed by atoms with Gasteiger partial charge in [-0.2, -0.15) is 0 Å². The largest absolute Gasteiger partial charge is 0.327 e. The van der Waals surface area contributed by atoms with E-state index in [1.165, 1.54) is 12.8 Å². The van der Waals surface area contributed by atoms with Gasteiger partial charge in [-0.25, -0.2) is 0 Å². The summed E-state index contributed by atoms with van der Waals surface area (Å²) in [5, 5.41) is 0. The molecule has 0 aromatic carbocycles. The van der Waals surface area contributed by atoms with Gasteiger partial charge in [0.1, 0.15) is 0 Å². The second kappa shape index (κ2) is 10.6. The number of rotatable bonds is 8. The summed E-state index contributed by atoms with van der Waals surface area (Å²) in [6, 6.07) is 0. The molecule has 0 aliphatic heterocycles. The fourth-order valence-electron chi connectivity index (χ4n) is 1.21. The quantitative estimate of drug-likeness (QED) is 0.670. The zero-order valence-electron chi connectivity index (χ0n) is 10.0. The van der Waals surface area contributed by atoms with Crippen molar-refractivity contribution in [2.45, 2.75) is 46.5 Å². The third-order valence-electron chi connectivity index (χ3n) is 2.45. The molecule has 0 aliphatic rings. The molecule has 3 nitrogen and oxygen atoms in total. The van der Waals surface area contributed by atoms with Gasteiger partial charge in [0.25, 0.3) is 0 Å². The Morgan fingerprint density at radius 3 is 2.33 bits per heavy atom. The number of hydrogen-bond donors (Lipinski definition) is 1. The molecule has 0 radical (unpaired) electrons. The number of hydrogen-bond acceptors (Lipinski definition) is 2. The van der Waals surface area contributed by atoms with E-state index in [0.29, 0.717) is 12.5 Å². The minimum absolute atomic E-state index is 0. The first-order valence-corrected chi connectivity index (χ1v) is 7.28. The van der Waals surface area contributed by atoms with E-state index in [2.05, 4.69) is 13.8 Å². The molecule has 1 N–H and O–H groups in total. The van der Waals surface area contributed by atoms with Crippen LogP contribution in [0.25, 0.3) is 0 Å². The normalized spacial score (nSPS) is 16.5. The molecule has 0 saturated carbocycles. The van der Waals surface area contributed by atoms with Crippen LogP contribution in [0.2, 0.25) is 0 Å². The first-order valence-electron chi connectivity index (χ1n) is 5.52. The van der Waals surface area contributed by atoms with E-state index in [4.69, 9.17) is 4.52 Å². The van der Waals surface area contributed by atoms with Gasteiger partial charge in [0, 0.05) is 47.0 Å². The summed E-state index contributed by atoms with van der Waals surface area (Å²) in [5.41, 5.74) is 0. The van der Waals surface area contributed by atoms with Gasteiger partial charge in [-0.3, -0.25) is 4.57 Å². The summed E-state index contributed by atoms with van der Waals surface area (Å²) in [6.07, 6.45) is 4.66. The van der Waals surface area contributed by atoms with Gasteiger partial charge in [0.05, 0.1) is 6.61 Å². The summed E-state index contributed by atoms with van der Waals surface area (Å²) in [7, 11) is -3.27. The fourth-order valence-corrected chi connectivity index (χ4v) is 1.84. The molecular weight excluding hydrogens is 343 g/mol. The van der Waals surface area contributed by atoms with Crippen molar-refractivity contribution >= 4 is 7.60 Å². The molecular formula is C10H23NdO3P. The summed E-state index contributed by atoms with van der Waals surface area (Å²) in [5.74, 6) is 0.432. The van der Waals surface area contributed by atoms with Crippen molar-refractivity contribution < 1.29 is 54.8 Å². The van der Waals surface area contributed by atoms with Crippen LogP contribution in [0, 0.1) is 46.8 Å². The molecule has 90 valence electrons. The maximum Gasteiger partial charge on any atom is 0.327 e. The molecule has 5 heteroatoms. The Kier molecular flexibility index (Phi) is 13.4. The molecule has 0 rings (SSSR count). The van der Waals surface area contributed by atoms with Crippen molar-refractivity contribution in [1.29, 1.82) is 0 Å². The molecule has 15 heavy (non-hydrogen) atoms. The molecule has 0 aromatic heterocycles. The van der Waals surface area contributed by atoms with Gasteiger partial charge in [0.15, 0.2) is 0 Å².